The van der Waals surface area contributed by atoms with Crippen molar-refractivity contribution in [3.05, 3.63) is 44.4 Å². The van der Waals surface area contributed by atoms with Crippen molar-refractivity contribution in [2.75, 3.05) is 7.11 Å². The molecule has 1 amide bonds. The molecule has 0 bridgehead atoms. The molecule has 0 aliphatic rings. The molecule has 0 radical (unpaired) electrons. The Labute approximate surface area is 141 Å². The van der Waals surface area contributed by atoms with Gasteiger partial charge in [-0.25, -0.2) is 9.97 Å². The van der Waals surface area contributed by atoms with Crippen LogP contribution in [-0.2, 0) is 17.9 Å². The molecule has 23 heavy (non-hydrogen) atoms. The van der Waals surface area contributed by atoms with Crippen molar-refractivity contribution >= 4 is 28.6 Å². The molecule has 0 aliphatic heterocycles. The van der Waals surface area contributed by atoms with Crippen LogP contribution in [0.25, 0.3) is 11.5 Å². The van der Waals surface area contributed by atoms with Gasteiger partial charge in [0.05, 0.1) is 18.2 Å². The van der Waals surface area contributed by atoms with E-state index in [1.54, 1.807) is 23.8 Å². The monoisotopic (exact) mass is 349 g/mol. The average Bonchev–Trinajstić information content (AvgIpc) is 3.25. The lowest BCUT2D eigenvalue weighted by molar-refractivity contribution is 0.0943. The van der Waals surface area contributed by atoms with Crippen LogP contribution in [0.15, 0.2) is 27.3 Å². The topological polar surface area (TPSA) is 77.2 Å². The molecule has 0 aliphatic carbocycles. The van der Waals surface area contributed by atoms with Gasteiger partial charge in [0.1, 0.15) is 22.2 Å². The van der Waals surface area contributed by atoms with Gasteiger partial charge in [0.25, 0.3) is 5.91 Å². The summed E-state index contributed by atoms with van der Waals surface area (Å²) in [5.74, 6) is 1.15. The van der Waals surface area contributed by atoms with Crippen LogP contribution >= 0.6 is 22.7 Å². The first-order valence-corrected chi connectivity index (χ1v) is 8.64. The minimum Gasteiger partial charge on any atom is -0.458 e. The maximum absolute atomic E-state index is 12.1. The largest absolute Gasteiger partial charge is 0.458 e. The molecule has 3 heterocycles. The zero-order chi connectivity index (χ0) is 16.2. The predicted octanol–water partition coefficient (Wildman–Crippen LogP) is 3.24. The van der Waals surface area contributed by atoms with Crippen molar-refractivity contribution in [2.45, 2.75) is 20.1 Å². The van der Waals surface area contributed by atoms with Crippen LogP contribution in [0.4, 0.5) is 0 Å². The minimum atomic E-state index is -0.231. The number of nitrogens with zero attached hydrogens (tertiary/aromatic N) is 2. The number of hydrogen-bond donors (Lipinski definition) is 1. The number of carbonyl (C=O) groups excluding carboxylic acids is 1. The first-order chi connectivity index (χ1) is 11.2. The number of carbonyl (C=O) groups is 1. The van der Waals surface area contributed by atoms with Crippen LogP contribution in [0, 0.1) is 6.92 Å². The maximum Gasteiger partial charge on any atom is 0.271 e. The van der Waals surface area contributed by atoms with E-state index in [1.165, 1.54) is 11.3 Å². The number of furan rings is 1. The molecular weight excluding hydrogens is 334 g/mol. The third-order valence-electron chi connectivity index (χ3n) is 3.01. The zero-order valence-electron chi connectivity index (χ0n) is 12.7. The van der Waals surface area contributed by atoms with Crippen LogP contribution in [0.5, 0.6) is 0 Å². The summed E-state index contributed by atoms with van der Waals surface area (Å²) in [5.41, 5.74) is 1.21. The lowest BCUT2D eigenvalue weighted by Crippen LogP contribution is -2.22. The highest BCUT2D eigenvalue weighted by atomic mass is 32.1. The van der Waals surface area contributed by atoms with Crippen LogP contribution in [0.1, 0.15) is 26.3 Å². The summed E-state index contributed by atoms with van der Waals surface area (Å²) in [4.78, 5) is 20.6. The first kappa shape index (κ1) is 15.9. The van der Waals surface area contributed by atoms with Gasteiger partial charge in [0, 0.05) is 17.9 Å². The average molecular weight is 349 g/mol. The number of nitrogens with one attached hydrogen (secondary N) is 1. The van der Waals surface area contributed by atoms with E-state index < -0.39 is 0 Å². The molecule has 0 fully saturated rings. The lowest BCUT2D eigenvalue weighted by atomic mass is 10.3. The standard InChI is InChI=1S/C15H15N3O3S2/c1-9-17-11(7-22-9)13-4-3-10(21-13)5-16-15(19)12-8-23-14(18-12)6-20-2/h3-4,7-8H,5-6H2,1-2H3,(H,16,19). The smallest absolute Gasteiger partial charge is 0.271 e. The Kier molecular flexibility index (Phi) is 4.85. The number of aryl methyl sites for hydroxylation is 1. The van der Waals surface area contributed by atoms with E-state index in [2.05, 4.69) is 15.3 Å². The highest BCUT2D eigenvalue weighted by molar-refractivity contribution is 7.10. The molecule has 0 saturated heterocycles. The number of aromatic nitrogens is 2. The number of ether oxygens (including phenoxy) is 1. The third kappa shape index (κ3) is 3.84. The normalized spacial score (nSPS) is 10.9. The number of methoxy groups -OCH3 is 1. The Bertz CT molecular complexity index is 806. The number of hydrogen-bond acceptors (Lipinski definition) is 7. The van der Waals surface area contributed by atoms with Crippen LogP contribution in [0.3, 0.4) is 0 Å². The second-order valence-electron chi connectivity index (χ2n) is 4.76. The fraction of sp³-hybridized carbons (Fsp3) is 0.267. The molecule has 0 aromatic carbocycles. The summed E-state index contributed by atoms with van der Waals surface area (Å²) in [7, 11) is 1.60. The van der Waals surface area contributed by atoms with Crippen LogP contribution in [0.2, 0.25) is 0 Å². The first-order valence-electron chi connectivity index (χ1n) is 6.88. The lowest BCUT2D eigenvalue weighted by Gasteiger charge is -2.00. The fourth-order valence-corrected chi connectivity index (χ4v) is 3.30. The Balaban J connectivity index is 1.59. The Morgan fingerprint density at radius 3 is 2.91 bits per heavy atom. The summed E-state index contributed by atoms with van der Waals surface area (Å²) in [6.45, 7) is 2.66. The van der Waals surface area contributed by atoms with Crippen molar-refractivity contribution in [2.24, 2.45) is 0 Å². The summed E-state index contributed by atoms with van der Waals surface area (Å²) in [5, 5.41) is 8.22. The second-order valence-corrected chi connectivity index (χ2v) is 6.76. The SMILES string of the molecule is COCc1nc(C(=O)NCc2ccc(-c3csc(C)n3)o2)cs1. The Hall–Kier alpha value is -2.03. The van der Waals surface area contributed by atoms with E-state index in [1.807, 2.05) is 24.4 Å². The molecule has 0 atom stereocenters. The van der Waals surface area contributed by atoms with Gasteiger partial charge in [-0.15, -0.1) is 22.7 Å². The molecule has 3 aromatic rings. The number of rotatable bonds is 6. The summed E-state index contributed by atoms with van der Waals surface area (Å²) < 4.78 is 10.7. The van der Waals surface area contributed by atoms with E-state index in [9.17, 15) is 4.79 Å². The molecule has 0 saturated carbocycles. The van der Waals surface area contributed by atoms with Gasteiger partial charge in [-0.1, -0.05) is 0 Å². The van der Waals surface area contributed by atoms with Crippen LogP contribution in [-0.4, -0.2) is 23.0 Å². The van der Waals surface area contributed by atoms with Gasteiger partial charge in [-0.3, -0.25) is 4.79 Å². The van der Waals surface area contributed by atoms with Crippen molar-refractivity contribution in [3.63, 3.8) is 0 Å². The molecule has 0 unspecified atom stereocenters. The van der Waals surface area contributed by atoms with E-state index in [4.69, 9.17) is 9.15 Å². The van der Waals surface area contributed by atoms with Crippen molar-refractivity contribution < 1.29 is 13.9 Å². The molecule has 3 rings (SSSR count). The molecule has 8 heteroatoms. The second kappa shape index (κ2) is 7.03. The van der Waals surface area contributed by atoms with E-state index in [-0.39, 0.29) is 5.91 Å². The Morgan fingerprint density at radius 1 is 1.30 bits per heavy atom. The summed E-state index contributed by atoms with van der Waals surface area (Å²) >= 11 is 2.97. The Morgan fingerprint density at radius 2 is 2.17 bits per heavy atom. The van der Waals surface area contributed by atoms with Crippen molar-refractivity contribution in [3.8, 4) is 11.5 Å². The van der Waals surface area contributed by atoms with Gasteiger partial charge in [-0.05, 0) is 19.1 Å². The van der Waals surface area contributed by atoms with Gasteiger partial charge in [0.2, 0.25) is 0 Å². The van der Waals surface area contributed by atoms with Crippen LogP contribution < -0.4 is 5.32 Å². The van der Waals surface area contributed by atoms with Gasteiger partial charge >= 0.3 is 0 Å². The quantitative estimate of drug-likeness (QED) is 0.739. The summed E-state index contributed by atoms with van der Waals surface area (Å²) in [6.07, 6.45) is 0. The number of thiazole rings is 2. The molecule has 0 spiro atoms. The molecule has 120 valence electrons. The van der Waals surface area contributed by atoms with Crippen molar-refractivity contribution in [1.82, 2.24) is 15.3 Å². The minimum absolute atomic E-state index is 0.231. The fourth-order valence-electron chi connectivity index (χ4n) is 1.95. The summed E-state index contributed by atoms with van der Waals surface area (Å²) in [6, 6.07) is 3.69. The van der Waals surface area contributed by atoms with Gasteiger partial charge < -0.3 is 14.5 Å². The predicted molar refractivity (Wildman–Crippen MR) is 88.6 cm³/mol. The van der Waals surface area contributed by atoms with E-state index in [0.717, 1.165) is 15.7 Å². The van der Waals surface area contributed by atoms with Gasteiger partial charge in [-0.2, -0.15) is 0 Å². The van der Waals surface area contributed by atoms with Crippen molar-refractivity contribution in [1.29, 1.82) is 0 Å². The highest BCUT2D eigenvalue weighted by Crippen LogP contribution is 2.23. The van der Waals surface area contributed by atoms with E-state index >= 15 is 0 Å². The maximum atomic E-state index is 12.1. The molecule has 3 aromatic heterocycles. The zero-order valence-corrected chi connectivity index (χ0v) is 14.3. The highest BCUT2D eigenvalue weighted by Gasteiger charge is 2.12. The van der Waals surface area contributed by atoms with Gasteiger partial charge in [0.15, 0.2) is 5.76 Å². The molecule has 1 N–H and O–H groups in total. The molecule has 6 nitrogen and oxygen atoms in total. The third-order valence-corrected chi connectivity index (χ3v) is 4.60. The number of amides is 1. The van der Waals surface area contributed by atoms with E-state index in [0.29, 0.717) is 30.4 Å². The molecular formula is C15H15N3O3S2.